The number of benzene rings is 1. The third-order valence-corrected chi connectivity index (χ3v) is 3.71. The number of carbonyl (C=O) groups is 1. The maximum atomic E-state index is 12.4. The van der Waals surface area contributed by atoms with Crippen LogP contribution in [0.1, 0.15) is 24.9 Å². The normalized spacial score (nSPS) is 12.2. The van der Waals surface area contributed by atoms with Crippen molar-refractivity contribution < 1.29 is 4.79 Å². The van der Waals surface area contributed by atoms with Gasteiger partial charge in [-0.3, -0.25) is 9.48 Å². The molecule has 0 aliphatic heterocycles. The molecule has 1 aromatic carbocycles. The number of aromatic nitrogens is 2. The van der Waals surface area contributed by atoms with Crippen molar-refractivity contribution in [2.24, 2.45) is 0 Å². The molecule has 1 atom stereocenters. The van der Waals surface area contributed by atoms with Crippen LogP contribution in [-0.4, -0.2) is 15.7 Å². The highest BCUT2D eigenvalue weighted by molar-refractivity contribution is 6.31. The van der Waals surface area contributed by atoms with Gasteiger partial charge in [0, 0.05) is 16.9 Å². The Morgan fingerprint density at radius 2 is 2.20 bits per heavy atom. The largest absolute Gasteiger partial charge is 0.324 e. The zero-order valence-corrected chi connectivity index (χ0v) is 12.7. The highest BCUT2D eigenvalue weighted by Crippen LogP contribution is 2.24. The van der Waals surface area contributed by atoms with Crippen LogP contribution in [0.4, 0.5) is 5.69 Å². The summed E-state index contributed by atoms with van der Waals surface area (Å²) >= 11 is 11.9. The average Bonchev–Trinajstić information content (AvgIpc) is 2.82. The van der Waals surface area contributed by atoms with Gasteiger partial charge >= 0.3 is 0 Å². The van der Waals surface area contributed by atoms with E-state index in [9.17, 15) is 4.79 Å². The first-order chi connectivity index (χ1) is 9.52. The Bertz CT molecular complexity index is 625. The van der Waals surface area contributed by atoms with E-state index in [1.807, 2.05) is 19.9 Å². The summed E-state index contributed by atoms with van der Waals surface area (Å²) in [6.07, 6.45) is 3.77. The molecule has 20 heavy (non-hydrogen) atoms. The van der Waals surface area contributed by atoms with Gasteiger partial charge in [0.25, 0.3) is 0 Å². The average molecular weight is 312 g/mol. The van der Waals surface area contributed by atoms with Gasteiger partial charge in [0.15, 0.2) is 0 Å². The summed E-state index contributed by atoms with van der Waals surface area (Å²) in [7, 11) is 0. The van der Waals surface area contributed by atoms with Crippen molar-refractivity contribution in [3.8, 4) is 0 Å². The van der Waals surface area contributed by atoms with Gasteiger partial charge in [-0.15, -0.1) is 0 Å². The van der Waals surface area contributed by atoms with Crippen LogP contribution in [0, 0.1) is 6.92 Å². The Balaban J connectivity index is 2.20. The van der Waals surface area contributed by atoms with E-state index < -0.39 is 6.04 Å². The van der Waals surface area contributed by atoms with Crippen LogP contribution < -0.4 is 5.32 Å². The fourth-order valence-electron chi connectivity index (χ4n) is 1.94. The van der Waals surface area contributed by atoms with Crippen molar-refractivity contribution in [3.05, 3.63) is 46.2 Å². The van der Waals surface area contributed by atoms with Crippen molar-refractivity contribution in [1.82, 2.24) is 9.78 Å². The summed E-state index contributed by atoms with van der Waals surface area (Å²) in [5.74, 6) is -0.141. The fraction of sp³-hybridized carbons (Fsp3) is 0.286. The standard InChI is InChI=1S/C14H15Cl2N3O/c1-3-13(19-8-10(15)7-17-19)14(20)18-12-6-4-5-11(16)9(12)2/h4-8,13H,3H2,1-2H3,(H,18,20). The van der Waals surface area contributed by atoms with E-state index in [4.69, 9.17) is 23.2 Å². The molecule has 0 aliphatic carbocycles. The van der Waals surface area contributed by atoms with Crippen molar-refractivity contribution in [2.75, 3.05) is 5.32 Å². The van der Waals surface area contributed by atoms with Crippen LogP contribution in [0.15, 0.2) is 30.6 Å². The van der Waals surface area contributed by atoms with Gasteiger partial charge < -0.3 is 5.32 Å². The maximum absolute atomic E-state index is 12.4. The van der Waals surface area contributed by atoms with Crippen molar-refractivity contribution in [1.29, 1.82) is 0 Å². The minimum atomic E-state index is -0.402. The van der Waals surface area contributed by atoms with Crippen LogP contribution in [0.5, 0.6) is 0 Å². The monoisotopic (exact) mass is 311 g/mol. The van der Waals surface area contributed by atoms with Crippen LogP contribution in [-0.2, 0) is 4.79 Å². The molecule has 2 rings (SSSR count). The molecule has 2 aromatic rings. The lowest BCUT2D eigenvalue weighted by molar-refractivity contribution is -0.119. The number of nitrogens with zero attached hydrogens (tertiary/aromatic N) is 2. The summed E-state index contributed by atoms with van der Waals surface area (Å²) in [4.78, 5) is 12.4. The van der Waals surface area contributed by atoms with E-state index >= 15 is 0 Å². The third kappa shape index (κ3) is 3.14. The zero-order chi connectivity index (χ0) is 14.7. The van der Waals surface area contributed by atoms with Gasteiger partial charge in [0.2, 0.25) is 5.91 Å². The molecule has 0 saturated carbocycles. The quantitative estimate of drug-likeness (QED) is 0.924. The second-order valence-electron chi connectivity index (χ2n) is 4.46. The minimum Gasteiger partial charge on any atom is -0.324 e. The Kier molecular flexibility index (Phi) is 4.68. The van der Waals surface area contributed by atoms with Crippen molar-refractivity contribution in [2.45, 2.75) is 26.3 Å². The predicted molar refractivity (Wildman–Crippen MR) is 81.4 cm³/mol. The molecule has 4 nitrogen and oxygen atoms in total. The van der Waals surface area contributed by atoms with Gasteiger partial charge in [-0.1, -0.05) is 36.2 Å². The van der Waals surface area contributed by atoms with E-state index in [0.717, 1.165) is 5.56 Å². The first-order valence-electron chi connectivity index (χ1n) is 6.28. The summed E-state index contributed by atoms with van der Waals surface area (Å²) in [6.45, 7) is 3.79. The minimum absolute atomic E-state index is 0.141. The number of anilines is 1. The molecule has 1 heterocycles. The summed E-state index contributed by atoms with van der Waals surface area (Å²) < 4.78 is 1.57. The molecule has 0 radical (unpaired) electrons. The van der Waals surface area contributed by atoms with Gasteiger partial charge in [0.1, 0.15) is 6.04 Å². The van der Waals surface area contributed by atoms with Gasteiger partial charge in [-0.05, 0) is 31.0 Å². The molecule has 6 heteroatoms. The molecule has 0 bridgehead atoms. The number of carbonyl (C=O) groups excluding carboxylic acids is 1. The number of hydrogen-bond acceptors (Lipinski definition) is 2. The highest BCUT2D eigenvalue weighted by atomic mass is 35.5. The molecule has 1 aromatic heterocycles. The lowest BCUT2D eigenvalue weighted by Gasteiger charge is -2.16. The maximum Gasteiger partial charge on any atom is 0.249 e. The molecule has 0 saturated heterocycles. The van der Waals surface area contributed by atoms with Crippen molar-refractivity contribution in [3.63, 3.8) is 0 Å². The van der Waals surface area contributed by atoms with Crippen LogP contribution in [0.25, 0.3) is 0 Å². The smallest absolute Gasteiger partial charge is 0.249 e. The molecule has 0 fully saturated rings. The molecule has 106 valence electrons. The zero-order valence-electron chi connectivity index (χ0n) is 11.2. The van der Waals surface area contributed by atoms with E-state index in [2.05, 4.69) is 10.4 Å². The second kappa shape index (κ2) is 6.29. The second-order valence-corrected chi connectivity index (χ2v) is 5.31. The Labute approximate surface area is 127 Å². The molecular weight excluding hydrogens is 297 g/mol. The molecular formula is C14H15Cl2N3O. The fourth-order valence-corrected chi connectivity index (χ4v) is 2.25. The third-order valence-electron chi connectivity index (χ3n) is 3.10. The number of halogens is 2. The summed E-state index contributed by atoms with van der Waals surface area (Å²) in [5.41, 5.74) is 1.55. The molecule has 0 spiro atoms. The lowest BCUT2D eigenvalue weighted by Crippen LogP contribution is -2.26. The van der Waals surface area contributed by atoms with E-state index in [0.29, 0.717) is 22.2 Å². The van der Waals surface area contributed by atoms with Crippen LogP contribution >= 0.6 is 23.2 Å². The van der Waals surface area contributed by atoms with Crippen molar-refractivity contribution >= 4 is 34.8 Å². The highest BCUT2D eigenvalue weighted by Gasteiger charge is 2.20. The van der Waals surface area contributed by atoms with Crippen LogP contribution in [0.3, 0.4) is 0 Å². The van der Waals surface area contributed by atoms with E-state index in [1.54, 1.807) is 23.0 Å². The number of nitrogens with one attached hydrogen (secondary N) is 1. The number of rotatable bonds is 4. The first kappa shape index (κ1) is 14.9. The van der Waals surface area contributed by atoms with Crippen LogP contribution in [0.2, 0.25) is 10.0 Å². The van der Waals surface area contributed by atoms with E-state index in [-0.39, 0.29) is 5.91 Å². The van der Waals surface area contributed by atoms with Gasteiger partial charge in [-0.2, -0.15) is 5.10 Å². The predicted octanol–water partition coefficient (Wildman–Crippen LogP) is 4.09. The summed E-state index contributed by atoms with van der Waals surface area (Å²) in [6, 6.07) is 5.01. The molecule has 1 unspecified atom stereocenters. The first-order valence-corrected chi connectivity index (χ1v) is 7.04. The molecule has 0 aliphatic rings. The van der Waals surface area contributed by atoms with Gasteiger partial charge in [0.05, 0.1) is 11.2 Å². The van der Waals surface area contributed by atoms with E-state index in [1.165, 1.54) is 6.20 Å². The Morgan fingerprint density at radius 1 is 1.45 bits per heavy atom. The molecule has 1 N–H and O–H groups in total. The Hall–Kier alpha value is -1.52. The lowest BCUT2D eigenvalue weighted by atomic mass is 10.1. The number of hydrogen-bond donors (Lipinski definition) is 1. The SMILES string of the molecule is CCC(C(=O)Nc1cccc(Cl)c1C)n1cc(Cl)cn1. The molecule has 1 amide bonds. The Morgan fingerprint density at radius 3 is 2.80 bits per heavy atom. The topological polar surface area (TPSA) is 46.9 Å². The number of amides is 1. The summed E-state index contributed by atoms with van der Waals surface area (Å²) in [5, 5.41) is 8.10. The van der Waals surface area contributed by atoms with Gasteiger partial charge in [-0.25, -0.2) is 0 Å².